The average Bonchev–Trinajstić information content (AvgIpc) is 3.16. The van der Waals surface area contributed by atoms with Gasteiger partial charge in [-0.1, -0.05) is 23.7 Å². The van der Waals surface area contributed by atoms with E-state index in [1.54, 1.807) is 13.0 Å². The Bertz CT molecular complexity index is 927. The van der Waals surface area contributed by atoms with Crippen molar-refractivity contribution < 1.29 is 13.9 Å². The van der Waals surface area contributed by atoms with E-state index in [9.17, 15) is 4.79 Å². The van der Waals surface area contributed by atoms with Gasteiger partial charge in [-0.25, -0.2) is 0 Å². The number of hydrogen-bond donors (Lipinski definition) is 1. The smallest absolute Gasteiger partial charge is 0.325 e. The first-order valence-electron chi connectivity index (χ1n) is 8.13. The Kier molecular flexibility index (Phi) is 4.19. The highest BCUT2D eigenvalue weighted by Crippen LogP contribution is 2.26. The van der Waals surface area contributed by atoms with Gasteiger partial charge < -0.3 is 14.5 Å². The summed E-state index contributed by atoms with van der Waals surface area (Å²) in [5.41, 5.74) is 1.32. The molecule has 130 valence electrons. The fourth-order valence-electron chi connectivity index (χ4n) is 2.90. The highest BCUT2D eigenvalue weighted by Gasteiger charge is 2.24. The zero-order valence-corrected chi connectivity index (χ0v) is 14.4. The molecule has 1 N–H and O–H groups in total. The zero-order valence-electron chi connectivity index (χ0n) is 13.7. The summed E-state index contributed by atoms with van der Waals surface area (Å²) in [5.74, 6) is 0.705. The van der Waals surface area contributed by atoms with Crippen LogP contribution in [-0.4, -0.2) is 39.8 Å². The van der Waals surface area contributed by atoms with Crippen LogP contribution in [0.2, 0.25) is 5.02 Å². The number of nitrogens with zero attached hydrogens (tertiary/aromatic N) is 3. The molecule has 7 nitrogen and oxygen atoms in total. The van der Waals surface area contributed by atoms with Crippen molar-refractivity contribution >= 4 is 23.4 Å². The van der Waals surface area contributed by atoms with Crippen molar-refractivity contribution in [3.05, 3.63) is 40.7 Å². The van der Waals surface area contributed by atoms with Gasteiger partial charge in [-0.3, -0.25) is 4.79 Å². The highest BCUT2D eigenvalue weighted by atomic mass is 35.5. The van der Waals surface area contributed by atoms with E-state index in [0.717, 1.165) is 18.4 Å². The van der Waals surface area contributed by atoms with Crippen molar-refractivity contribution in [3.8, 4) is 11.4 Å². The van der Waals surface area contributed by atoms with Crippen molar-refractivity contribution in [1.82, 2.24) is 19.9 Å². The standard InChI is InChI=1S/C17H17ClN4O3/c1-10-14(16(23)19-11-6-8-24-9-7-11)25-17-20-15(21-22(10)17)12-4-2-3-5-13(12)18/h2-5,11H,6-9H2,1H3,(H,19,23). The molecular weight excluding hydrogens is 344 g/mol. The zero-order chi connectivity index (χ0) is 17.4. The van der Waals surface area contributed by atoms with Crippen LogP contribution in [0.1, 0.15) is 29.1 Å². The van der Waals surface area contributed by atoms with Crippen LogP contribution in [0, 0.1) is 6.92 Å². The molecule has 0 atom stereocenters. The predicted molar refractivity (Wildman–Crippen MR) is 91.7 cm³/mol. The number of carbonyl (C=O) groups is 1. The molecule has 1 aliphatic rings. The lowest BCUT2D eigenvalue weighted by Gasteiger charge is -2.22. The summed E-state index contributed by atoms with van der Waals surface area (Å²) in [6, 6.07) is 7.43. The Morgan fingerprint density at radius 2 is 2.08 bits per heavy atom. The minimum atomic E-state index is -0.254. The quantitative estimate of drug-likeness (QED) is 0.776. The van der Waals surface area contributed by atoms with Gasteiger partial charge in [-0.2, -0.15) is 9.50 Å². The molecule has 0 unspecified atom stereocenters. The lowest BCUT2D eigenvalue weighted by Crippen LogP contribution is -2.39. The molecule has 3 heterocycles. The van der Waals surface area contributed by atoms with Crippen LogP contribution in [0.15, 0.2) is 28.7 Å². The molecule has 4 rings (SSSR count). The number of aryl methyl sites for hydroxylation is 1. The molecule has 1 fully saturated rings. The monoisotopic (exact) mass is 360 g/mol. The summed E-state index contributed by atoms with van der Waals surface area (Å²) in [6.45, 7) is 3.10. The van der Waals surface area contributed by atoms with Crippen molar-refractivity contribution in [2.75, 3.05) is 13.2 Å². The first-order chi connectivity index (χ1) is 12.1. The first-order valence-corrected chi connectivity index (χ1v) is 8.51. The lowest BCUT2D eigenvalue weighted by atomic mass is 10.1. The maximum Gasteiger partial charge on any atom is 0.325 e. The molecule has 8 heteroatoms. The number of rotatable bonds is 3. The molecule has 1 aliphatic heterocycles. The fourth-order valence-corrected chi connectivity index (χ4v) is 3.12. The van der Waals surface area contributed by atoms with Gasteiger partial charge in [0.25, 0.3) is 5.91 Å². The van der Waals surface area contributed by atoms with E-state index in [1.165, 1.54) is 4.52 Å². The second-order valence-corrected chi connectivity index (χ2v) is 6.39. The van der Waals surface area contributed by atoms with Gasteiger partial charge in [0.1, 0.15) is 0 Å². The Morgan fingerprint density at radius 3 is 2.80 bits per heavy atom. The van der Waals surface area contributed by atoms with E-state index in [1.807, 2.05) is 18.2 Å². The van der Waals surface area contributed by atoms with Crippen LogP contribution >= 0.6 is 11.6 Å². The molecular formula is C17H17ClN4O3. The molecule has 0 spiro atoms. The fraction of sp³-hybridized carbons (Fsp3) is 0.353. The predicted octanol–water partition coefficient (Wildman–Crippen LogP) is 2.86. The number of hydrogen-bond acceptors (Lipinski definition) is 5. The largest absolute Gasteiger partial charge is 0.416 e. The molecule has 1 saturated heterocycles. The maximum atomic E-state index is 12.5. The number of nitrogens with one attached hydrogen (secondary N) is 1. The van der Waals surface area contributed by atoms with Crippen LogP contribution in [-0.2, 0) is 4.74 Å². The minimum absolute atomic E-state index is 0.102. The number of amides is 1. The second kappa shape index (κ2) is 6.50. The van der Waals surface area contributed by atoms with Gasteiger partial charge in [0.2, 0.25) is 5.76 Å². The molecule has 1 amide bonds. The van der Waals surface area contributed by atoms with Crippen molar-refractivity contribution in [1.29, 1.82) is 0 Å². The van der Waals surface area contributed by atoms with E-state index in [-0.39, 0.29) is 23.6 Å². The minimum Gasteiger partial charge on any atom is -0.416 e. The first kappa shape index (κ1) is 16.1. The van der Waals surface area contributed by atoms with E-state index < -0.39 is 0 Å². The summed E-state index contributed by atoms with van der Waals surface area (Å²) in [4.78, 5) is 16.8. The summed E-state index contributed by atoms with van der Waals surface area (Å²) < 4.78 is 12.5. The Balaban J connectivity index is 1.62. The van der Waals surface area contributed by atoms with Gasteiger partial charge in [0.05, 0.1) is 10.7 Å². The van der Waals surface area contributed by atoms with Gasteiger partial charge in [0.15, 0.2) is 5.82 Å². The molecule has 0 aliphatic carbocycles. The van der Waals surface area contributed by atoms with E-state index in [2.05, 4.69) is 15.4 Å². The van der Waals surface area contributed by atoms with E-state index in [4.69, 9.17) is 20.8 Å². The molecule has 0 radical (unpaired) electrons. The van der Waals surface area contributed by atoms with Crippen LogP contribution in [0.5, 0.6) is 0 Å². The molecule has 1 aromatic carbocycles. The molecule has 0 saturated carbocycles. The third kappa shape index (κ3) is 3.01. The van der Waals surface area contributed by atoms with Crippen LogP contribution in [0.3, 0.4) is 0 Å². The third-order valence-corrected chi connectivity index (χ3v) is 4.62. The number of aromatic nitrogens is 3. The molecule has 0 bridgehead atoms. The van der Waals surface area contributed by atoms with Gasteiger partial charge >= 0.3 is 5.84 Å². The van der Waals surface area contributed by atoms with Crippen molar-refractivity contribution in [2.45, 2.75) is 25.8 Å². The Labute approximate surface area is 148 Å². The van der Waals surface area contributed by atoms with Crippen LogP contribution < -0.4 is 5.32 Å². The summed E-state index contributed by atoms with van der Waals surface area (Å²) in [7, 11) is 0. The van der Waals surface area contributed by atoms with Gasteiger partial charge in [-0.05, 0) is 31.9 Å². The summed E-state index contributed by atoms with van der Waals surface area (Å²) >= 11 is 6.19. The van der Waals surface area contributed by atoms with Crippen molar-refractivity contribution in [3.63, 3.8) is 0 Å². The number of halogens is 1. The van der Waals surface area contributed by atoms with Crippen LogP contribution in [0.4, 0.5) is 0 Å². The average molecular weight is 361 g/mol. The highest BCUT2D eigenvalue weighted by molar-refractivity contribution is 6.33. The summed E-state index contributed by atoms with van der Waals surface area (Å²) in [5, 5.41) is 7.96. The number of fused-ring (bicyclic) bond motifs is 1. The van der Waals surface area contributed by atoms with Crippen LogP contribution in [0.25, 0.3) is 17.2 Å². The SMILES string of the molecule is Cc1c(C(=O)NC2CCOCC2)oc2nc(-c3ccccc3Cl)nn12. The lowest BCUT2D eigenvalue weighted by molar-refractivity contribution is 0.0684. The third-order valence-electron chi connectivity index (χ3n) is 4.29. The summed E-state index contributed by atoms with van der Waals surface area (Å²) in [6.07, 6.45) is 1.61. The normalized spacial score (nSPS) is 15.6. The molecule has 3 aromatic rings. The Hall–Kier alpha value is -2.38. The number of benzene rings is 1. The number of carbonyl (C=O) groups excluding carboxylic acids is 1. The van der Waals surface area contributed by atoms with E-state index >= 15 is 0 Å². The maximum absolute atomic E-state index is 12.5. The topological polar surface area (TPSA) is 81.7 Å². The van der Waals surface area contributed by atoms with Crippen molar-refractivity contribution in [2.24, 2.45) is 0 Å². The second-order valence-electron chi connectivity index (χ2n) is 5.99. The van der Waals surface area contributed by atoms with Gasteiger partial charge in [-0.15, -0.1) is 5.10 Å². The molecule has 2 aromatic heterocycles. The number of oxazole rings is 1. The van der Waals surface area contributed by atoms with E-state index in [0.29, 0.717) is 29.8 Å². The molecule has 25 heavy (non-hydrogen) atoms. The van der Waals surface area contributed by atoms with Gasteiger partial charge in [0, 0.05) is 24.8 Å². The Morgan fingerprint density at radius 1 is 1.32 bits per heavy atom. The number of ether oxygens (including phenoxy) is 1.